The summed E-state index contributed by atoms with van der Waals surface area (Å²) in [6, 6.07) is 0. The quantitative estimate of drug-likeness (QED) is 0.589. The van der Waals surface area contributed by atoms with Crippen molar-refractivity contribution in [1.82, 2.24) is 19.5 Å². The number of rotatable bonds is 5. The van der Waals surface area contributed by atoms with Gasteiger partial charge < -0.3 is 15.6 Å². The van der Waals surface area contributed by atoms with Gasteiger partial charge in [-0.25, -0.2) is 9.97 Å². The maximum atomic E-state index is 10.6. The summed E-state index contributed by atoms with van der Waals surface area (Å²) in [5.74, 6) is 0.119. The van der Waals surface area contributed by atoms with Crippen LogP contribution in [-0.2, 0) is 13.5 Å². The molecule has 0 saturated heterocycles. The minimum absolute atomic E-state index is 0.150. The summed E-state index contributed by atoms with van der Waals surface area (Å²) >= 11 is 0. The molecule has 19 heavy (non-hydrogen) atoms. The van der Waals surface area contributed by atoms with E-state index >= 15 is 0 Å². The molecule has 0 saturated carbocycles. The van der Waals surface area contributed by atoms with E-state index in [-0.39, 0.29) is 17.5 Å². The number of hydrogen-bond donors (Lipinski definition) is 2. The lowest BCUT2D eigenvalue weighted by Gasteiger charge is -2.05. The second-order valence-electron chi connectivity index (χ2n) is 3.89. The van der Waals surface area contributed by atoms with Gasteiger partial charge >= 0.3 is 5.69 Å². The van der Waals surface area contributed by atoms with Gasteiger partial charge in [0, 0.05) is 31.9 Å². The van der Waals surface area contributed by atoms with Crippen LogP contribution < -0.4 is 11.1 Å². The van der Waals surface area contributed by atoms with E-state index in [1.54, 1.807) is 12.5 Å². The first-order chi connectivity index (χ1) is 9.08. The van der Waals surface area contributed by atoms with Crippen molar-refractivity contribution in [2.75, 3.05) is 17.6 Å². The first-order valence-corrected chi connectivity index (χ1v) is 5.54. The molecule has 2 aromatic rings. The summed E-state index contributed by atoms with van der Waals surface area (Å²) in [7, 11) is 1.91. The first kappa shape index (κ1) is 12.7. The van der Waals surface area contributed by atoms with Gasteiger partial charge in [0.1, 0.15) is 6.20 Å². The van der Waals surface area contributed by atoms with Crippen LogP contribution in [0.3, 0.4) is 0 Å². The average molecular weight is 263 g/mol. The topological polar surface area (TPSA) is 125 Å². The standard InChI is InChI=1S/C10H13N7O2/c1-16-6-12-4-7(16)2-3-13-10-14-5-8(17(18)19)9(11)15-10/h4-6H,2-3H2,1H3,(H3,11,13,14,15). The zero-order chi connectivity index (χ0) is 13.8. The molecule has 0 aliphatic rings. The van der Waals surface area contributed by atoms with Gasteiger partial charge in [-0.1, -0.05) is 0 Å². The minimum atomic E-state index is -0.616. The van der Waals surface area contributed by atoms with Crippen LogP contribution in [0, 0.1) is 10.1 Å². The predicted octanol–water partition coefficient (Wildman–Crippen LogP) is 0.355. The third-order valence-electron chi connectivity index (χ3n) is 2.58. The van der Waals surface area contributed by atoms with Gasteiger partial charge in [-0.15, -0.1) is 0 Å². The molecule has 2 heterocycles. The Kier molecular flexibility index (Phi) is 3.55. The van der Waals surface area contributed by atoms with Crippen LogP contribution in [0.25, 0.3) is 0 Å². The van der Waals surface area contributed by atoms with Crippen molar-refractivity contribution in [3.8, 4) is 0 Å². The van der Waals surface area contributed by atoms with Gasteiger partial charge in [0.2, 0.25) is 11.8 Å². The molecule has 100 valence electrons. The number of aryl methyl sites for hydroxylation is 1. The van der Waals surface area contributed by atoms with Crippen LogP contribution in [0.5, 0.6) is 0 Å². The molecule has 2 rings (SSSR count). The summed E-state index contributed by atoms with van der Waals surface area (Å²) in [5, 5.41) is 13.5. The monoisotopic (exact) mass is 263 g/mol. The van der Waals surface area contributed by atoms with Crippen molar-refractivity contribution >= 4 is 17.5 Å². The molecule has 0 fully saturated rings. The zero-order valence-corrected chi connectivity index (χ0v) is 10.3. The zero-order valence-electron chi connectivity index (χ0n) is 10.3. The van der Waals surface area contributed by atoms with Crippen molar-refractivity contribution in [3.63, 3.8) is 0 Å². The van der Waals surface area contributed by atoms with Gasteiger partial charge in [-0.3, -0.25) is 10.1 Å². The summed E-state index contributed by atoms with van der Waals surface area (Å²) in [4.78, 5) is 21.6. The van der Waals surface area contributed by atoms with E-state index < -0.39 is 4.92 Å². The van der Waals surface area contributed by atoms with E-state index in [1.165, 1.54) is 0 Å². The molecule has 0 aliphatic carbocycles. The Labute approximate surface area is 108 Å². The lowest BCUT2D eigenvalue weighted by Crippen LogP contribution is -2.11. The van der Waals surface area contributed by atoms with Crippen LogP contribution in [0.2, 0.25) is 0 Å². The molecular formula is C10H13N7O2. The third-order valence-corrected chi connectivity index (χ3v) is 2.58. The lowest BCUT2D eigenvalue weighted by molar-refractivity contribution is -0.384. The minimum Gasteiger partial charge on any atom is -0.378 e. The predicted molar refractivity (Wildman–Crippen MR) is 68.5 cm³/mol. The van der Waals surface area contributed by atoms with Crippen LogP contribution in [0.4, 0.5) is 17.5 Å². The number of hydrogen-bond acceptors (Lipinski definition) is 7. The van der Waals surface area contributed by atoms with E-state index in [4.69, 9.17) is 5.73 Å². The molecule has 0 aromatic carbocycles. The van der Waals surface area contributed by atoms with Crippen molar-refractivity contribution in [2.24, 2.45) is 7.05 Å². The number of nitrogen functional groups attached to an aromatic ring is 1. The summed E-state index contributed by atoms with van der Waals surface area (Å²) in [6.07, 6.45) is 5.31. The Morgan fingerprint density at radius 2 is 2.32 bits per heavy atom. The molecule has 0 radical (unpaired) electrons. The third kappa shape index (κ3) is 2.94. The SMILES string of the molecule is Cn1cncc1CCNc1ncc([N+](=O)[O-])c(N)n1. The maximum Gasteiger partial charge on any atom is 0.329 e. The van der Waals surface area contributed by atoms with Crippen molar-refractivity contribution in [1.29, 1.82) is 0 Å². The number of aromatic nitrogens is 4. The van der Waals surface area contributed by atoms with Crippen molar-refractivity contribution < 1.29 is 4.92 Å². The first-order valence-electron chi connectivity index (χ1n) is 5.54. The molecule has 2 aromatic heterocycles. The average Bonchev–Trinajstić information content (AvgIpc) is 2.75. The van der Waals surface area contributed by atoms with Crippen molar-refractivity contribution in [3.05, 3.63) is 34.5 Å². The number of nitro groups is 1. The number of nitrogens with zero attached hydrogens (tertiary/aromatic N) is 5. The highest BCUT2D eigenvalue weighted by Crippen LogP contribution is 2.17. The fraction of sp³-hybridized carbons (Fsp3) is 0.300. The summed E-state index contributed by atoms with van der Waals surface area (Å²) in [6.45, 7) is 0.580. The van der Waals surface area contributed by atoms with E-state index in [0.717, 1.165) is 18.3 Å². The van der Waals surface area contributed by atoms with Gasteiger partial charge in [0.05, 0.1) is 11.3 Å². The van der Waals surface area contributed by atoms with Crippen molar-refractivity contribution in [2.45, 2.75) is 6.42 Å². The molecule has 9 nitrogen and oxygen atoms in total. The van der Waals surface area contributed by atoms with Crippen LogP contribution >= 0.6 is 0 Å². The maximum absolute atomic E-state index is 10.6. The fourth-order valence-corrected chi connectivity index (χ4v) is 1.54. The normalized spacial score (nSPS) is 10.4. The van der Waals surface area contributed by atoms with E-state index in [9.17, 15) is 10.1 Å². The Balaban J connectivity index is 1.95. The molecule has 0 unspecified atom stereocenters. The largest absolute Gasteiger partial charge is 0.378 e. The molecule has 9 heteroatoms. The highest BCUT2D eigenvalue weighted by Gasteiger charge is 2.13. The lowest BCUT2D eigenvalue weighted by atomic mass is 10.3. The van der Waals surface area contributed by atoms with Gasteiger partial charge in [-0.2, -0.15) is 4.98 Å². The van der Waals surface area contributed by atoms with Crippen LogP contribution in [0.15, 0.2) is 18.7 Å². The second kappa shape index (κ2) is 5.29. The molecule has 0 bridgehead atoms. The molecule has 0 aliphatic heterocycles. The van der Waals surface area contributed by atoms with Crippen LogP contribution in [-0.4, -0.2) is 31.0 Å². The Morgan fingerprint density at radius 3 is 2.89 bits per heavy atom. The highest BCUT2D eigenvalue weighted by atomic mass is 16.6. The summed E-state index contributed by atoms with van der Waals surface area (Å²) < 4.78 is 1.91. The Morgan fingerprint density at radius 1 is 1.53 bits per heavy atom. The number of nitrogens with one attached hydrogen (secondary N) is 1. The fourth-order valence-electron chi connectivity index (χ4n) is 1.54. The highest BCUT2D eigenvalue weighted by molar-refractivity contribution is 5.53. The molecule has 0 atom stereocenters. The van der Waals surface area contributed by atoms with E-state index in [1.807, 2.05) is 11.6 Å². The van der Waals surface area contributed by atoms with Crippen LogP contribution in [0.1, 0.15) is 5.69 Å². The molecule has 0 amide bonds. The van der Waals surface area contributed by atoms with Gasteiger partial charge in [-0.05, 0) is 0 Å². The van der Waals surface area contributed by atoms with Gasteiger partial charge in [0.25, 0.3) is 0 Å². The van der Waals surface area contributed by atoms with E-state index in [2.05, 4.69) is 20.3 Å². The smallest absolute Gasteiger partial charge is 0.329 e. The molecule has 0 spiro atoms. The molecular weight excluding hydrogens is 250 g/mol. The second-order valence-corrected chi connectivity index (χ2v) is 3.89. The van der Waals surface area contributed by atoms with E-state index in [0.29, 0.717) is 6.54 Å². The van der Waals surface area contributed by atoms with Gasteiger partial charge in [0.15, 0.2) is 0 Å². The Hall–Kier alpha value is -2.71. The number of imidazole rings is 1. The summed E-state index contributed by atoms with van der Waals surface area (Å²) in [5.41, 5.74) is 6.23. The number of nitrogens with two attached hydrogens (primary N) is 1. The number of anilines is 2. The molecule has 3 N–H and O–H groups in total. The Bertz CT molecular complexity index is 595.